The first-order valence-corrected chi connectivity index (χ1v) is 5.53. The molecule has 2 amide bonds. The third kappa shape index (κ3) is 6.67. The van der Waals surface area contributed by atoms with Gasteiger partial charge in [0.15, 0.2) is 6.61 Å². The summed E-state index contributed by atoms with van der Waals surface area (Å²) in [7, 11) is 0. The van der Waals surface area contributed by atoms with Crippen LogP contribution in [-0.2, 0) is 14.4 Å². The number of rotatable bonds is 6. The van der Waals surface area contributed by atoms with E-state index >= 15 is 0 Å². The number of para-hydroxylation sites is 1. The SMILES string of the molecule is O=C([O-])CCC(=O)NNC(=O)COc1ccccc1. The zero-order valence-electron chi connectivity index (χ0n) is 10.0. The minimum Gasteiger partial charge on any atom is -0.550 e. The predicted molar refractivity (Wildman–Crippen MR) is 62.5 cm³/mol. The zero-order valence-corrected chi connectivity index (χ0v) is 10.0. The molecule has 2 N–H and O–H groups in total. The van der Waals surface area contributed by atoms with Gasteiger partial charge in [0.1, 0.15) is 5.75 Å². The minimum atomic E-state index is -1.33. The van der Waals surface area contributed by atoms with Crippen LogP contribution in [0.4, 0.5) is 0 Å². The van der Waals surface area contributed by atoms with Crippen molar-refractivity contribution in [1.29, 1.82) is 0 Å². The van der Waals surface area contributed by atoms with Gasteiger partial charge in [-0.05, 0) is 18.6 Å². The van der Waals surface area contributed by atoms with Crippen LogP contribution in [0.5, 0.6) is 5.75 Å². The molecule has 0 fully saturated rings. The Balaban J connectivity index is 2.17. The summed E-state index contributed by atoms with van der Waals surface area (Å²) in [5.41, 5.74) is 4.16. The van der Waals surface area contributed by atoms with E-state index in [0.717, 1.165) is 0 Å². The summed E-state index contributed by atoms with van der Waals surface area (Å²) in [6.45, 7) is -0.259. The van der Waals surface area contributed by atoms with E-state index in [4.69, 9.17) is 4.74 Å². The summed E-state index contributed by atoms with van der Waals surface area (Å²) in [6, 6.07) is 8.70. The molecule has 0 spiro atoms. The molecule has 0 atom stereocenters. The monoisotopic (exact) mass is 265 g/mol. The van der Waals surface area contributed by atoms with Crippen LogP contribution in [0.15, 0.2) is 30.3 Å². The Morgan fingerprint density at radius 2 is 1.63 bits per heavy atom. The summed E-state index contributed by atoms with van der Waals surface area (Å²) in [4.78, 5) is 32.5. The van der Waals surface area contributed by atoms with E-state index < -0.39 is 24.2 Å². The van der Waals surface area contributed by atoms with Crippen LogP contribution in [0, 0.1) is 0 Å². The fraction of sp³-hybridized carbons (Fsp3) is 0.250. The lowest BCUT2D eigenvalue weighted by Gasteiger charge is -2.08. The van der Waals surface area contributed by atoms with Crippen LogP contribution in [0.3, 0.4) is 0 Å². The molecule has 0 bridgehead atoms. The Bertz CT molecular complexity index is 447. The Morgan fingerprint density at radius 3 is 2.26 bits per heavy atom. The number of hydrazine groups is 1. The number of benzene rings is 1. The molecule has 102 valence electrons. The molecule has 0 aliphatic carbocycles. The lowest BCUT2D eigenvalue weighted by Crippen LogP contribution is -2.44. The zero-order chi connectivity index (χ0) is 14.1. The highest BCUT2D eigenvalue weighted by atomic mass is 16.5. The summed E-state index contributed by atoms with van der Waals surface area (Å²) in [5.74, 6) is -1.96. The van der Waals surface area contributed by atoms with Gasteiger partial charge in [-0.3, -0.25) is 20.4 Å². The molecule has 0 saturated heterocycles. The van der Waals surface area contributed by atoms with Crippen molar-refractivity contribution in [2.24, 2.45) is 0 Å². The summed E-state index contributed by atoms with van der Waals surface area (Å²) in [5, 5.41) is 10.1. The molecule has 19 heavy (non-hydrogen) atoms. The van der Waals surface area contributed by atoms with Gasteiger partial charge in [0.25, 0.3) is 5.91 Å². The molecule has 1 rings (SSSR count). The van der Waals surface area contributed by atoms with Gasteiger partial charge in [-0.1, -0.05) is 18.2 Å². The van der Waals surface area contributed by atoms with Crippen LogP contribution in [-0.4, -0.2) is 24.4 Å². The maximum atomic E-state index is 11.3. The van der Waals surface area contributed by atoms with Crippen molar-refractivity contribution >= 4 is 17.8 Å². The minimum absolute atomic E-state index is 0.259. The molecule has 0 aliphatic rings. The smallest absolute Gasteiger partial charge is 0.276 e. The fourth-order valence-corrected chi connectivity index (χ4v) is 1.12. The number of carboxylic acids is 1. The van der Waals surface area contributed by atoms with Crippen LogP contribution >= 0.6 is 0 Å². The number of aliphatic carboxylic acids is 1. The Hall–Kier alpha value is -2.57. The average Bonchev–Trinajstić information content (AvgIpc) is 2.41. The van der Waals surface area contributed by atoms with Crippen molar-refractivity contribution in [3.63, 3.8) is 0 Å². The average molecular weight is 265 g/mol. The molecule has 0 saturated carbocycles. The van der Waals surface area contributed by atoms with Crippen molar-refractivity contribution < 1.29 is 24.2 Å². The van der Waals surface area contributed by atoms with Gasteiger partial charge in [-0.15, -0.1) is 0 Å². The fourth-order valence-electron chi connectivity index (χ4n) is 1.12. The van der Waals surface area contributed by atoms with E-state index in [1.165, 1.54) is 0 Å². The Labute approximate surface area is 109 Å². The third-order valence-electron chi connectivity index (χ3n) is 2.01. The van der Waals surface area contributed by atoms with Gasteiger partial charge in [0, 0.05) is 12.4 Å². The predicted octanol–water partition coefficient (Wildman–Crippen LogP) is -1.26. The second-order valence-electron chi connectivity index (χ2n) is 3.57. The number of hydrogen-bond acceptors (Lipinski definition) is 5. The maximum absolute atomic E-state index is 11.3. The van der Waals surface area contributed by atoms with Crippen LogP contribution in [0.25, 0.3) is 0 Å². The molecule has 0 heterocycles. The highest BCUT2D eigenvalue weighted by Gasteiger charge is 2.05. The number of carbonyl (C=O) groups excluding carboxylic acids is 3. The number of nitrogens with one attached hydrogen (secondary N) is 2. The lowest BCUT2D eigenvalue weighted by molar-refractivity contribution is -0.305. The van der Waals surface area contributed by atoms with E-state index in [0.29, 0.717) is 5.75 Å². The van der Waals surface area contributed by atoms with Crippen molar-refractivity contribution in [2.75, 3.05) is 6.61 Å². The number of amides is 2. The summed E-state index contributed by atoms with van der Waals surface area (Å²) < 4.78 is 5.13. The molecular formula is C12H13N2O5-. The molecule has 1 aromatic rings. The first kappa shape index (κ1) is 14.5. The van der Waals surface area contributed by atoms with E-state index in [1.54, 1.807) is 24.3 Å². The number of hydrogen-bond donors (Lipinski definition) is 2. The molecular weight excluding hydrogens is 252 g/mol. The quantitative estimate of drug-likeness (QED) is 0.624. The Kier molecular flexibility index (Phi) is 5.87. The van der Waals surface area contributed by atoms with Gasteiger partial charge >= 0.3 is 0 Å². The molecule has 0 aromatic heterocycles. The van der Waals surface area contributed by atoms with E-state index in [-0.39, 0.29) is 13.0 Å². The summed E-state index contributed by atoms with van der Waals surface area (Å²) in [6.07, 6.45) is -0.662. The standard InChI is InChI=1S/C12H14N2O5/c15-10(6-7-12(17)18)13-14-11(16)8-19-9-4-2-1-3-5-9/h1-5H,6-8H2,(H,13,15)(H,14,16)(H,17,18)/p-1. The molecule has 0 aliphatic heterocycles. The number of ether oxygens (including phenoxy) is 1. The largest absolute Gasteiger partial charge is 0.550 e. The topological polar surface area (TPSA) is 108 Å². The highest BCUT2D eigenvalue weighted by molar-refractivity contribution is 5.84. The maximum Gasteiger partial charge on any atom is 0.276 e. The normalized spacial score (nSPS) is 9.47. The molecule has 1 aromatic carbocycles. The van der Waals surface area contributed by atoms with Gasteiger partial charge in [-0.25, -0.2) is 0 Å². The summed E-state index contributed by atoms with van der Waals surface area (Å²) >= 11 is 0. The van der Waals surface area contributed by atoms with Crippen molar-refractivity contribution in [1.82, 2.24) is 10.9 Å². The Morgan fingerprint density at radius 1 is 1.00 bits per heavy atom. The molecule has 7 nitrogen and oxygen atoms in total. The van der Waals surface area contributed by atoms with Gasteiger partial charge in [-0.2, -0.15) is 0 Å². The molecule has 7 heteroatoms. The first-order chi connectivity index (χ1) is 9.08. The number of carbonyl (C=O) groups is 3. The number of carboxylic acid groups (broad SMARTS) is 1. The lowest BCUT2D eigenvalue weighted by atomic mass is 10.3. The van der Waals surface area contributed by atoms with Crippen molar-refractivity contribution in [3.05, 3.63) is 30.3 Å². The van der Waals surface area contributed by atoms with Crippen molar-refractivity contribution in [3.8, 4) is 5.75 Å². The van der Waals surface area contributed by atoms with E-state index in [9.17, 15) is 19.5 Å². The molecule has 0 radical (unpaired) electrons. The van der Waals surface area contributed by atoms with E-state index in [2.05, 4.69) is 10.9 Å². The highest BCUT2D eigenvalue weighted by Crippen LogP contribution is 2.07. The van der Waals surface area contributed by atoms with Crippen LogP contribution in [0.1, 0.15) is 12.8 Å². The molecule has 0 unspecified atom stereocenters. The van der Waals surface area contributed by atoms with Crippen LogP contribution < -0.4 is 20.7 Å². The second-order valence-corrected chi connectivity index (χ2v) is 3.57. The van der Waals surface area contributed by atoms with Crippen LogP contribution in [0.2, 0.25) is 0 Å². The van der Waals surface area contributed by atoms with Gasteiger partial charge in [0.2, 0.25) is 5.91 Å². The van der Waals surface area contributed by atoms with Crippen molar-refractivity contribution in [2.45, 2.75) is 12.8 Å². The first-order valence-electron chi connectivity index (χ1n) is 5.53. The van der Waals surface area contributed by atoms with Gasteiger partial charge in [0.05, 0.1) is 0 Å². The van der Waals surface area contributed by atoms with E-state index in [1.807, 2.05) is 6.07 Å². The van der Waals surface area contributed by atoms with Gasteiger partial charge < -0.3 is 14.6 Å². The second kappa shape index (κ2) is 7.70. The third-order valence-corrected chi connectivity index (χ3v) is 2.01.